The molecular weight excluding hydrogens is 324 g/mol. The zero-order valence-corrected chi connectivity index (χ0v) is 13.8. The molecular formula is C17H16N4O2S. The number of pyridine rings is 1. The lowest BCUT2D eigenvalue weighted by atomic mass is 10.2. The molecule has 0 aliphatic rings. The van der Waals surface area contributed by atoms with Crippen molar-refractivity contribution < 1.29 is 9.53 Å². The van der Waals surface area contributed by atoms with Crippen molar-refractivity contribution in [1.29, 1.82) is 0 Å². The maximum Gasteiger partial charge on any atom is 0.252 e. The van der Waals surface area contributed by atoms with Gasteiger partial charge in [0.05, 0.1) is 29.3 Å². The van der Waals surface area contributed by atoms with E-state index in [1.165, 1.54) is 11.1 Å². The molecule has 2 aromatic heterocycles. The molecule has 0 radical (unpaired) electrons. The number of carbonyl (C=O) groups excluding carboxylic acids is 1. The number of H-pyrrole nitrogens is 1. The topological polar surface area (TPSA) is 93.9 Å². The zero-order chi connectivity index (χ0) is 16.9. The maximum absolute atomic E-state index is 11.3. The monoisotopic (exact) mass is 340 g/mol. The molecule has 0 spiro atoms. The van der Waals surface area contributed by atoms with Crippen LogP contribution in [0, 0.1) is 0 Å². The van der Waals surface area contributed by atoms with E-state index in [1.54, 1.807) is 30.1 Å². The van der Waals surface area contributed by atoms with Crippen LogP contribution < -0.4 is 10.5 Å². The first-order chi connectivity index (χ1) is 11.7. The lowest BCUT2D eigenvalue weighted by Crippen LogP contribution is -2.11. The lowest BCUT2D eigenvalue weighted by Gasteiger charge is -2.08. The molecule has 0 unspecified atom stereocenters. The number of nitrogens with zero attached hydrogens (tertiary/aromatic N) is 2. The SMILES string of the molecule is CSc1cccc(COc2ccc(-c3[nH]ncc3C(N)=O)nc2)c1. The quantitative estimate of drug-likeness (QED) is 0.673. The Bertz CT molecular complexity index is 846. The molecule has 6 nitrogen and oxygen atoms in total. The van der Waals surface area contributed by atoms with E-state index >= 15 is 0 Å². The smallest absolute Gasteiger partial charge is 0.252 e. The summed E-state index contributed by atoms with van der Waals surface area (Å²) in [7, 11) is 0. The molecule has 3 aromatic rings. The van der Waals surface area contributed by atoms with Crippen LogP contribution in [0.4, 0.5) is 0 Å². The fraction of sp³-hybridized carbons (Fsp3) is 0.118. The van der Waals surface area contributed by atoms with Crippen LogP contribution in [0.2, 0.25) is 0 Å². The van der Waals surface area contributed by atoms with Crippen LogP contribution >= 0.6 is 11.8 Å². The molecule has 0 bridgehead atoms. The molecule has 122 valence electrons. The van der Waals surface area contributed by atoms with Gasteiger partial charge in [0.15, 0.2) is 0 Å². The van der Waals surface area contributed by atoms with E-state index in [-0.39, 0.29) is 0 Å². The van der Waals surface area contributed by atoms with Crippen LogP contribution in [0.1, 0.15) is 15.9 Å². The normalized spacial score (nSPS) is 10.5. The summed E-state index contributed by atoms with van der Waals surface area (Å²) in [4.78, 5) is 16.8. The van der Waals surface area contributed by atoms with Crippen molar-refractivity contribution in [2.75, 3.05) is 6.26 Å². The van der Waals surface area contributed by atoms with Gasteiger partial charge in [-0.05, 0) is 36.1 Å². The molecule has 0 saturated heterocycles. The largest absolute Gasteiger partial charge is 0.487 e. The highest BCUT2D eigenvalue weighted by molar-refractivity contribution is 7.98. The lowest BCUT2D eigenvalue weighted by molar-refractivity contribution is 0.100. The Labute approximate surface area is 143 Å². The third-order valence-corrected chi connectivity index (χ3v) is 4.16. The van der Waals surface area contributed by atoms with E-state index < -0.39 is 5.91 Å². The second kappa shape index (κ2) is 7.18. The molecule has 3 rings (SSSR count). The average molecular weight is 340 g/mol. The standard InChI is InChI=1S/C17H16N4O2S/c1-24-13-4-2-3-11(7-13)10-23-12-5-6-15(19-8-12)16-14(17(18)22)9-20-21-16/h2-9H,10H2,1H3,(H2,18,22)(H,20,21). The van der Waals surface area contributed by atoms with Gasteiger partial charge in [-0.1, -0.05) is 12.1 Å². The van der Waals surface area contributed by atoms with Crippen LogP contribution in [-0.4, -0.2) is 27.3 Å². The van der Waals surface area contributed by atoms with Crippen molar-refractivity contribution in [3.8, 4) is 17.1 Å². The number of carbonyl (C=O) groups is 1. The van der Waals surface area contributed by atoms with Gasteiger partial charge in [-0.2, -0.15) is 5.10 Å². The third kappa shape index (κ3) is 3.57. The fourth-order valence-electron chi connectivity index (χ4n) is 2.21. The second-order valence-electron chi connectivity index (χ2n) is 5.04. The highest BCUT2D eigenvalue weighted by Gasteiger charge is 2.13. The summed E-state index contributed by atoms with van der Waals surface area (Å²) in [5, 5.41) is 6.57. The van der Waals surface area contributed by atoms with Crippen molar-refractivity contribution in [2.24, 2.45) is 5.73 Å². The minimum Gasteiger partial charge on any atom is -0.487 e. The molecule has 2 heterocycles. The van der Waals surface area contributed by atoms with Crippen molar-refractivity contribution in [3.63, 3.8) is 0 Å². The van der Waals surface area contributed by atoms with Gasteiger partial charge in [0.25, 0.3) is 5.91 Å². The van der Waals surface area contributed by atoms with E-state index in [1.807, 2.05) is 18.4 Å². The predicted molar refractivity (Wildman–Crippen MR) is 92.9 cm³/mol. The van der Waals surface area contributed by atoms with Crippen molar-refractivity contribution in [2.45, 2.75) is 11.5 Å². The van der Waals surface area contributed by atoms with Crippen LogP contribution in [0.15, 0.2) is 53.7 Å². The van der Waals surface area contributed by atoms with E-state index in [9.17, 15) is 4.79 Å². The fourth-order valence-corrected chi connectivity index (χ4v) is 2.69. The van der Waals surface area contributed by atoms with Crippen LogP contribution in [0.3, 0.4) is 0 Å². The number of aromatic amines is 1. The number of hydrogen-bond acceptors (Lipinski definition) is 5. The summed E-state index contributed by atoms with van der Waals surface area (Å²) in [6, 6.07) is 11.7. The summed E-state index contributed by atoms with van der Waals surface area (Å²) in [6.45, 7) is 0.464. The van der Waals surface area contributed by atoms with Gasteiger partial charge in [0.2, 0.25) is 0 Å². The van der Waals surface area contributed by atoms with Gasteiger partial charge in [-0.15, -0.1) is 11.8 Å². The van der Waals surface area contributed by atoms with Gasteiger partial charge < -0.3 is 10.5 Å². The highest BCUT2D eigenvalue weighted by atomic mass is 32.2. The van der Waals surface area contributed by atoms with Crippen LogP contribution in [0.25, 0.3) is 11.4 Å². The number of rotatable bonds is 6. The van der Waals surface area contributed by atoms with Gasteiger partial charge in [-0.25, -0.2) is 0 Å². The number of nitrogens with two attached hydrogens (primary N) is 1. The summed E-state index contributed by atoms with van der Waals surface area (Å²) in [5.41, 5.74) is 7.80. The number of aromatic nitrogens is 3. The molecule has 7 heteroatoms. The Morgan fingerprint density at radius 1 is 1.29 bits per heavy atom. The molecule has 0 aliphatic carbocycles. The zero-order valence-electron chi connectivity index (χ0n) is 13.0. The first-order valence-corrected chi connectivity index (χ1v) is 8.45. The molecule has 1 amide bonds. The molecule has 24 heavy (non-hydrogen) atoms. The van der Waals surface area contributed by atoms with Gasteiger partial charge in [0, 0.05) is 4.90 Å². The van der Waals surface area contributed by atoms with Crippen molar-refractivity contribution in [1.82, 2.24) is 15.2 Å². The number of benzene rings is 1. The molecule has 1 aromatic carbocycles. The molecule has 3 N–H and O–H groups in total. The second-order valence-corrected chi connectivity index (χ2v) is 5.92. The Morgan fingerprint density at radius 2 is 2.17 bits per heavy atom. The Balaban J connectivity index is 1.70. The highest BCUT2D eigenvalue weighted by Crippen LogP contribution is 2.22. The van der Waals surface area contributed by atoms with E-state index in [0.717, 1.165) is 5.56 Å². The summed E-state index contributed by atoms with van der Waals surface area (Å²) in [6.07, 6.45) is 5.04. The summed E-state index contributed by atoms with van der Waals surface area (Å²) >= 11 is 1.69. The number of primary amides is 1. The summed E-state index contributed by atoms with van der Waals surface area (Å²) in [5.74, 6) is 0.1000. The predicted octanol–water partition coefficient (Wildman–Crippen LogP) is 2.87. The van der Waals surface area contributed by atoms with Gasteiger partial charge in [0.1, 0.15) is 12.4 Å². The molecule has 0 atom stereocenters. The van der Waals surface area contributed by atoms with Crippen molar-refractivity contribution >= 4 is 17.7 Å². The van der Waals surface area contributed by atoms with E-state index in [2.05, 4.69) is 27.3 Å². The number of ether oxygens (including phenoxy) is 1. The minimum absolute atomic E-state index is 0.310. The summed E-state index contributed by atoms with van der Waals surface area (Å²) < 4.78 is 5.75. The van der Waals surface area contributed by atoms with E-state index in [4.69, 9.17) is 10.5 Å². The number of nitrogens with one attached hydrogen (secondary N) is 1. The van der Waals surface area contributed by atoms with Gasteiger partial charge >= 0.3 is 0 Å². The molecule has 0 aliphatic heterocycles. The Kier molecular flexibility index (Phi) is 4.81. The first-order valence-electron chi connectivity index (χ1n) is 7.22. The molecule has 0 saturated carbocycles. The van der Waals surface area contributed by atoms with Crippen LogP contribution in [-0.2, 0) is 6.61 Å². The Hall–Kier alpha value is -2.80. The maximum atomic E-state index is 11.3. The van der Waals surface area contributed by atoms with E-state index in [0.29, 0.717) is 29.3 Å². The Morgan fingerprint density at radius 3 is 2.88 bits per heavy atom. The minimum atomic E-state index is -0.547. The third-order valence-electron chi connectivity index (χ3n) is 3.44. The van der Waals surface area contributed by atoms with Gasteiger partial charge in [-0.3, -0.25) is 14.9 Å². The average Bonchev–Trinajstić information content (AvgIpc) is 3.10. The molecule has 0 fully saturated rings. The number of thioether (sulfide) groups is 1. The number of hydrogen-bond donors (Lipinski definition) is 2. The number of amides is 1. The first kappa shape index (κ1) is 16.1. The van der Waals surface area contributed by atoms with Crippen LogP contribution in [0.5, 0.6) is 5.75 Å². The van der Waals surface area contributed by atoms with Crippen molar-refractivity contribution in [3.05, 3.63) is 59.9 Å².